The van der Waals surface area contributed by atoms with E-state index in [-0.39, 0.29) is 11.5 Å². The Morgan fingerprint density at radius 1 is 1.12 bits per heavy atom. The maximum Gasteiger partial charge on any atom is 0.337 e. The summed E-state index contributed by atoms with van der Waals surface area (Å²) in [6.45, 7) is 26.3. The number of hydrogen-bond donors (Lipinski definition) is 1. The molecule has 2 aliphatic rings. The van der Waals surface area contributed by atoms with Gasteiger partial charge in [0.2, 0.25) is 0 Å². The average Bonchev–Trinajstić information content (AvgIpc) is 2.90. The van der Waals surface area contributed by atoms with E-state index >= 15 is 4.39 Å². The van der Waals surface area contributed by atoms with Crippen LogP contribution in [-0.4, -0.2) is 34.2 Å². The van der Waals surface area contributed by atoms with Crippen molar-refractivity contribution in [1.82, 2.24) is 4.90 Å². The molecule has 4 rings (SSSR count). The number of rotatable bonds is 7. The van der Waals surface area contributed by atoms with E-state index in [1.165, 1.54) is 11.6 Å². The van der Waals surface area contributed by atoms with E-state index in [2.05, 4.69) is 46.1 Å². The number of benzene rings is 2. The lowest BCUT2D eigenvalue weighted by atomic mass is 9.76. The first kappa shape index (κ1) is 31.1. The fourth-order valence-electron chi connectivity index (χ4n) is 6.50. The molecule has 0 saturated carbocycles. The lowest BCUT2D eigenvalue weighted by Gasteiger charge is -2.46. The van der Waals surface area contributed by atoms with Gasteiger partial charge < -0.3 is 19.5 Å². The molecule has 41 heavy (non-hydrogen) atoms. The van der Waals surface area contributed by atoms with Crippen LogP contribution < -0.4 is 4.74 Å². The summed E-state index contributed by atoms with van der Waals surface area (Å²) in [7, 11) is 0. The van der Waals surface area contributed by atoms with Crippen LogP contribution in [0.25, 0.3) is 11.1 Å². The van der Waals surface area contributed by atoms with Gasteiger partial charge in [0, 0.05) is 35.8 Å². The summed E-state index contributed by atoms with van der Waals surface area (Å²) in [5.41, 5.74) is 8.41. The number of hydrogen-bond acceptors (Lipinski definition) is 4. The summed E-state index contributed by atoms with van der Waals surface area (Å²) >= 11 is 0. The van der Waals surface area contributed by atoms with Crippen molar-refractivity contribution in [2.24, 2.45) is 5.41 Å². The molecule has 1 unspecified atom stereocenters. The Labute approximate surface area is 245 Å². The molecule has 0 spiro atoms. The molecule has 0 radical (unpaired) electrons. The first-order valence-corrected chi connectivity index (χ1v) is 14.9. The third-order valence-corrected chi connectivity index (χ3v) is 9.61. The summed E-state index contributed by atoms with van der Waals surface area (Å²) < 4.78 is 27.6. The van der Waals surface area contributed by atoms with Crippen molar-refractivity contribution in [3.05, 3.63) is 63.1 Å². The van der Waals surface area contributed by atoms with Crippen molar-refractivity contribution >= 4 is 5.97 Å². The predicted molar refractivity (Wildman–Crippen MR) is 163 cm³/mol. The molecule has 0 bridgehead atoms. The maximum absolute atomic E-state index is 15.6. The third kappa shape index (κ3) is 5.64. The maximum atomic E-state index is 15.6. The first-order valence-electron chi connectivity index (χ1n) is 14.9. The lowest BCUT2D eigenvalue weighted by molar-refractivity contribution is -0.160. The smallest absolute Gasteiger partial charge is 0.337 e. The monoisotopic (exact) mass is 565 g/mol. The fourth-order valence-corrected chi connectivity index (χ4v) is 6.50. The molecule has 0 fully saturated rings. The molecule has 0 aromatic heterocycles. The molecule has 5 nitrogen and oxygen atoms in total. The molecule has 2 heterocycles. The number of allylic oxidation sites excluding steroid dienone is 1. The van der Waals surface area contributed by atoms with Crippen LogP contribution >= 0.6 is 0 Å². The van der Waals surface area contributed by atoms with Gasteiger partial charge in [0.15, 0.2) is 17.7 Å². The number of carbonyl (C=O) groups is 1. The fraction of sp³-hybridized carbons (Fsp3) is 0.571. The molecule has 2 aromatic rings. The van der Waals surface area contributed by atoms with Gasteiger partial charge in [0.25, 0.3) is 0 Å². The van der Waals surface area contributed by atoms with Crippen molar-refractivity contribution < 1.29 is 23.8 Å². The van der Waals surface area contributed by atoms with Crippen LogP contribution in [0.15, 0.2) is 18.3 Å². The Bertz CT molecular complexity index is 1380. The van der Waals surface area contributed by atoms with E-state index in [4.69, 9.17) is 9.47 Å². The molecule has 224 valence electrons. The minimum atomic E-state index is -1.21. The van der Waals surface area contributed by atoms with Gasteiger partial charge >= 0.3 is 5.97 Å². The van der Waals surface area contributed by atoms with Gasteiger partial charge in [-0.2, -0.15) is 0 Å². The quantitative estimate of drug-likeness (QED) is 0.365. The molecule has 6 heteroatoms. The van der Waals surface area contributed by atoms with Crippen LogP contribution in [0.5, 0.6) is 5.75 Å². The summed E-state index contributed by atoms with van der Waals surface area (Å²) in [5, 5.41) is 10.5. The standard InChI is InChI=1S/C35H48FNO4/c1-12-35(10,11)23(6)37-18-27-22(5)29(26-17-28(36)31-24(20(26)3)14-13-15-40-31)30(21(4)25(27)16-19(37)2)32(33(38)39)41-34(7,8)9/h17,23,32H,2,12-16,18H2,1,3-11H3,(H,38,39)/t23?,32-/m0/s1. The van der Waals surface area contributed by atoms with E-state index in [1.807, 2.05) is 34.6 Å². The SMILES string of the molecule is C=C1Cc2c(C)c([C@H](OC(C)(C)C)C(=O)O)c(-c3cc(F)c4c(c3C)CCCO4)c(C)c2CN1C(C)C(C)(C)CC. The highest BCUT2D eigenvalue weighted by molar-refractivity contribution is 5.86. The summed E-state index contributed by atoms with van der Waals surface area (Å²) in [4.78, 5) is 15.3. The molecule has 0 amide bonds. The van der Waals surface area contributed by atoms with Crippen LogP contribution in [0.3, 0.4) is 0 Å². The van der Waals surface area contributed by atoms with Gasteiger partial charge in [-0.3, -0.25) is 0 Å². The van der Waals surface area contributed by atoms with Gasteiger partial charge in [-0.25, -0.2) is 9.18 Å². The van der Waals surface area contributed by atoms with Gasteiger partial charge in [-0.1, -0.05) is 27.4 Å². The zero-order valence-corrected chi connectivity index (χ0v) is 26.7. The number of nitrogens with zero attached hydrogens (tertiary/aromatic N) is 1. The van der Waals surface area contributed by atoms with Crippen LogP contribution in [-0.2, 0) is 28.9 Å². The van der Waals surface area contributed by atoms with Gasteiger partial charge in [-0.15, -0.1) is 0 Å². The van der Waals surface area contributed by atoms with E-state index in [0.29, 0.717) is 36.4 Å². The van der Waals surface area contributed by atoms with E-state index in [0.717, 1.165) is 58.3 Å². The number of ether oxygens (including phenoxy) is 2. The summed E-state index contributed by atoms with van der Waals surface area (Å²) in [6, 6.07) is 1.79. The lowest BCUT2D eigenvalue weighted by Crippen LogP contribution is -2.44. The van der Waals surface area contributed by atoms with Crippen molar-refractivity contribution in [2.45, 2.75) is 119 Å². The zero-order chi connectivity index (χ0) is 30.6. The van der Waals surface area contributed by atoms with E-state index in [1.54, 1.807) is 0 Å². The highest BCUT2D eigenvalue weighted by Crippen LogP contribution is 2.47. The van der Waals surface area contributed by atoms with Crippen LogP contribution in [0.4, 0.5) is 4.39 Å². The Kier molecular flexibility index (Phi) is 8.41. The van der Waals surface area contributed by atoms with Crippen LogP contribution in [0, 0.1) is 32.0 Å². The Balaban J connectivity index is 2.05. The summed E-state index contributed by atoms with van der Waals surface area (Å²) in [5.74, 6) is -1.14. The second kappa shape index (κ2) is 11.1. The highest BCUT2D eigenvalue weighted by atomic mass is 19.1. The molecule has 0 saturated heterocycles. The second-order valence-corrected chi connectivity index (χ2v) is 13.6. The Morgan fingerprint density at radius 3 is 2.37 bits per heavy atom. The molecule has 0 aliphatic carbocycles. The third-order valence-electron chi connectivity index (χ3n) is 9.61. The molecular formula is C35H48FNO4. The molecular weight excluding hydrogens is 517 g/mol. The summed E-state index contributed by atoms with van der Waals surface area (Å²) in [6.07, 6.45) is 1.99. The number of aliphatic carboxylic acids is 1. The van der Waals surface area contributed by atoms with Crippen LogP contribution in [0.2, 0.25) is 0 Å². The van der Waals surface area contributed by atoms with E-state index < -0.39 is 23.5 Å². The molecule has 2 aromatic carbocycles. The van der Waals surface area contributed by atoms with Gasteiger partial charge in [-0.05, 0) is 118 Å². The average molecular weight is 566 g/mol. The number of fused-ring (bicyclic) bond motifs is 2. The van der Waals surface area contributed by atoms with Crippen LogP contribution in [0.1, 0.15) is 106 Å². The minimum absolute atomic E-state index is 0.0827. The second-order valence-electron chi connectivity index (χ2n) is 13.6. The highest BCUT2D eigenvalue weighted by Gasteiger charge is 2.38. The van der Waals surface area contributed by atoms with Gasteiger partial charge in [0.05, 0.1) is 12.2 Å². The normalized spacial score (nSPS) is 17.0. The zero-order valence-electron chi connectivity index (χ0n) is 26.7. The number of halogens is 1. The van der Waals surface area contributed by atoms with Crippen molar-refractivity contribution in [3.63, 3.8) is 0 Å². The van der Waals surface area contributed by atoms with Crippen molar-refractivity contribution in [3.8, 4) is 16.9 Å². The minimum Gasteiger partial charge on any atom is -0.490 e. The van der Waals surface area contributed by atoms with Gasteiger partial charge in [0.1, 0.15) is 0 Å². The van der Waals surface area contributed by atoms with Crippen molar-refractivity contribution in [1.29, 1.82) is 0 Å². The van der Waals surface area contributed by atoms with E-state index in [9.17, 15) is 9.90 Å². The number of carboxylic acids is 1. The predicted octanol–water partition coefficient (Wildman–Crippen LogP) is 8.38. The molecule has 1 N–H and O–H groups in total. The number of carboxylic acid groups (broad SMARTS) is 1. The molecule has 2 aliphatic heterocycles. The largest absolute Gasteiger partial charge is 0.490 e. The first-order chi connectivity index (χ1) is 19.0. The Morgan fingerprint density at radius 2 is 1.78 bits per heavy atom. The Hall–Kier alpha value is -2.86. The topological polar surface area (TPSA) is 59.0 Å². The van der Waals surface area contributed by atoms with Crippen molar-refractivity contribution in [2.75, 3.05) is 6.61 Å². The molecule has 2 atom stereocenters.